The minimum absolute atomic E-state index is 0.0626. The van der Waals surface area contributed by atoms with E-state index in [-0.39, 0.29) is 18.6 Å². The lowest BCUT2D eigenvalue weighted by molar-refractivity contribution is -0.123. The standard InChI is InChI=1S/C15H26N2O4/c1-11(2)7-17-15(19)12(3)16-8-13(18)9-20-10-14-5-4-6-21-14/h4-6,11-13,16,18H,7-10H2,1-3H3,(H,17,19). The second-order valence-corrected chi connectivity index (χ2v) is 5.52. The van der Waals surface area contributed by atoms with E-state index in [9.17, 15) is 9.90 Å². The van der Waals surface area contributed by atoms with Crippen LogP contribution in [0.3, 0.4) is 0 Å². The summed E-state index contributed by atoms with van der Waals surface area (Å²) in [6, 6.07) is 3.25. The highest BCUT2D eigenvalue weighted by Crippen LogP contribution is 2.02. The van der Waals surface area contributed by atoms with E-state index in [1.54, 1.807) is 19.3 Å². The minimum Gasteiger partial charge on any atom is -0.467 e. The Bertz CT molecular complexity index is 392. The second kappa shape index (κ2) is 9.55. The molecule has 1 rings (SSSR count). The van der Waals surface area contributed by atoms with E-state index in [0.717, 1.165) is 5.76 Å². The maximum absolute atomic E-state index is 11.7. The van der Waals surface area contributed by atoms with Crippen LogP contribution in [-0.2, 0) is 16.1 Å². The van der Waals surface area contributed by atoms with Crippen LogP contribution in [-0.4, -0.2) is 42.9 Å². The molecule has 2 unspecified atom stereocenters. The number of carbonyl (C=O) groups excluding carboxylic acids is 1. The number of aliphatic hydroxyl groups excluding tert-OH is 1. The smallest absolute Gasteiger partial charge is 0.236 e. The van der Waals surface area contributed by atoms with Gasteiger partial charge in [0, 0.05) is 13.1 Å². The van der Waals surface area contributed by atoms with E-state index in [1.807, 2.05) is 19.9 Å². The average Bonchev–Trinajstić information content (AvgIpc) is 2.95. The molecule has 1 amide bonds. The summed E-state index contributed by atoms with van der Waals surface area (Å²) in [6.45, 7) is 7.32. The number of nitrogens with one attached hydrogen (secondary N) is 2. The second-order valence-electron chi connectivity index (χ2n) is 5.52. The van der Waals surface area contributed by atoms with Gasteiger partial charge in [-0.1, -0.05) is 13.8 Å². The third-order valence-corrected chi connectivity index (χ3v) is 2.87. The third kappa shape index (κ3) is 7.84. The quantitative estimate of drug-likeness (QED) is 0.598. The molecule has 3 N–H and O–H groups in total. The molecule has 1 aromatic rings. The van der Waals surface area contributed by atoms with Gasteiger partial charge in [-0.15, -0.1) is 0 Å². The first-order valence-corrected chi connectivity index (χ1v) is 7.28. The van der Waals surface area contributed by atoms with Crippen LogP contribution in [0, 0.1) is 5.92 Å². The summed E-state index contributed by atoms with van der Waals surface area (Å²) >= 11 is 0. The fourth-order valence-electron chi connectivity index (χ4n) is 1.61. The summed E-state index contributed by atoms with van der Waals surface area (Å²) in [5.41, 5.74) is 0. The number of amides is 1. The molecule has 0 saturated heterocycles. The van der Waals surface area contributed by atoms with Crippen molar-refractivity contribution in [2.24, 2.45) is 5.92 Å². The lowest BCUT2D eigenvalue weighted by Crippen LogP contribution is -2.46. The van der Waals surface area contributed by atoms with Gasteiger partial charge in [-0.25, -0.2) is 0 Å². The van der Waals surface area contributed by atoms with Crippen LogP contribution in [0.2, 0.25) is 0 Å². The fourth-order valence-corrected chi connectivity index (χ4v) is 1.61. The van der Waals surface area contributed by atoms with Crippen LogP contribution in [0.5, 0.6) is 0 Å². The molecule has 21 heavy (non-hydrogen) atoms. The van der Waals surface area contributed by atoms with E-state index in [1.165, 1.54) is 0 Å². The molecule has 1 aromatic heterocycles. The van der Waals surface area contributed by atoms with Crippen LogP contribution < -0.4 is 10.6 Å². The number of rotatable bonds is 10. The fraction of sp³-hybridized carbons (Fsp3) is 0.667. The maximum atomic E-state index is 11.7. The molecule has 0 aliphatic carbocycles. The van der Waals surface area contributed by atoms with E-state index in [4.69, 9.17) is 9.15 Å². The third-order valence-electron chi connectivity index (χ3n) is 2.87. The van der Waals surface area contributed by atoms with Crippen molar-refractivity contribution in [3.63, 3.8) is 0 Å². The van der Waals surface area contributed by atoms with E-state index >= 15 is 0 Å². The van der Waals surface area contributed by atoms with Crippen LogP contribution >= 0.6 is 0 Å². The number of ether oxygens (including phenoxy) is 1. The summed E-state index contributed by atoms with van der Waals surface area (Å²) in [6.07, 6.45) is 0.911. The van der Waals surface area contributed by atoms with Crippen LogP contribution in [0.4, 0.5) is 0 Å². The molecule has 0 radical (unpaired) electrons. The van der Waals surface area contributed by atoms with Crippen LogP contribution in [0.1, 0.15) is 26.5 Å². The van der Waals surface area contributed by atoms with E-state index in [0.29, 0.717) is 25.6 Å². The summed E-state index contributed by atoms with van der Waals surface area (Å²) < 4.78 is 10.4. The lowest BCUT2D eigenvalue weighted by Gasteiger charge is -2.17. The Hall–Kier alpha value is -1.37. The highest BCUT2D eigenvalue weighted by molar-refractivity contribution is 5.81. The molecule has 1 heterocycles. The van der Waals surface area contributed by atoms with Gasteiger partial charge in [-0.05, 0) is 25.0 Å². The van der Waals surface area contributed by atoms with Gasteiger partial charge >= 0.3 is 0 Å². The first-order valence-electron chi connectivity index (χ1n) is 7.28. The van der Waals surface area contributed by atoms with Gasteiger partial charge in [-0.3, -0.25) is 4.79 Å². The molecule has 0 aromatic carbocycles. The zero-order valence-corrected chi connectivity index (χ0v) is 13.0. The molecule has 0 aliphatic heterocycles. The first-order chi connectivity index (χ1) is 9.99. The number of carbonyl (C=O) groups is 1. The number of furan rings is 1. The molecule has 0 aliphatic rings. The summed E-state index contributed by atoms with van der Waals surface area (Å²) in [4.78, 5) is 11.7. The summed E-state index contributed by atoms with van der Waals surface area (Å²) in [5.74, 6) is 1.07. The summed E-state index contributed by atoms with van der Waals surface area (Å²) in [5, 5.41) is 15.6. The van der Waals surface area contributed by atoms with E-state index < -0.39 is 6.10 Å². The van der Waals surface area contributed by atoms with Crippen LogP contribution in [0.15, 0.2) is 22.8 Å². The van der Waals surface area contributed by atoms with Gasteiger partial charge in [0.25, 0.3) is 0 Å². The highest BCUT2D eigenvalue weighted by atomic mass is 16.5. The van der Waals surface area contributed by atoms with Gasteiger partial charge in [0.15, 0.2) is 0 Å². The number of hydrogen-bond acceptors (Lipinski definition) is 5. The monoisotopic (exact) mass is 298 g/mol. The zero-order chi connectivity index (χ0) is 15.7. The van der Waals surface area contributed by atoms with Gasteiger partial charge in [0.1, 0.15) is 12.4 Å². The zero-order valence-electron chi connectivity index (χ0n) is 13.0. The predicted molar refractivity (Wildman–Crippen MR) is 79.7 cm³/mol. The van der Waals surface area contributed by atoms with Gasteiger partial charge in [-0.2, -0.15) is 0 Å². The van der Waals surface area contributed by atoms with Crippen molar-refractivity contribution in [1.29, 1.82) is 0 Å². The Morgan fingerprint density at radius 1 is 1.38 bits per heavy atom. The lowest BCUT2D eigenvalue weighted by atomic mass is 10.2. The SMILES string of the molecule is CC(C)CNC(=O)C(C)NCC(O)COCc1ccco1. The molecular formula is C15H26N2O4. The molecular weight excluding hydrogens is 272 g/mol. The Kier molecular flexibility index (Phi) is 8.04. The molecule has 0 spiro atoms. The largest absolute Gasteiger partial charge is 0.467 e. The Balaban J connectivity index is 2.10. The van der Waals surface area contributed by atoms with Gasteiger partial charge in [0.05, 0.1) is 25.0 Å². The van der Waals surface area contributed by atoms with E-state index in [2.05, 4.69) is 10.6 Å². The van der Waals surface area contributed by atoms with Crippen molar-refractivity contribution < 1.29 is 19.1 Å². The van der Waals surface area contributed by atoms with Crippen molar-refractivity contribution in [2.75, 3.05) is 19.7 Å². The molecule has 2 atom stereocenters. The summed E-state index contributed by atoms with van der Waals surface area (Å²) in [7, 11) is 0. The number of hydrogen-bond donors (Lipinski definition) is 3. The molecule has 0 bridgehead atoms. The van der Waals surface area contributed by atoms with Crippen molar-refractivity contribution in [2.45, 2.75) is 39.5 Å². The Labute approximate surface area is 125 Å². The average molecular weight is 298 g/mol. The van der Waals surface area contributed by atoms with Crippen molar-refractivity contribution in [3.8, 4) is 0 Å². The molecule has 0 saturated carbocycles. The Morgan fingerprint density at radius 3 is 2.76 bits per heavy atom. The molecule has 6 nitrogen and oxygen atoms in total. The first kappa shape index (κ1) is 17.7. The normalized spacial score (nSPS) is 14.1. The molecule has 6 heteroatoms. The molecule has 120 valence electrons. The van der Waals surface area contributed by atoms with Crippen molar-refractivity contribution in [3.05, 3.63) is 24.2 Å². The maximum Gasteiger partial charge on any atom is 0.236 e. The Morgan fingerprint density at radius 2 is 2.14 bits per heavy atom. The topological polar surface area (TPSA) is 83.7 Å². The van der Waals surface area contributed by atoms with Gasteiger partial charge in [0.2, 0.25) is 5.91 Å². The van der Waals surface area contributed by atoms with Crippen LogP contribution in [0.25, 0.3) is 0 Å². The minimum atomic E-state index is -0.666. The highest BCUT2D eigenvalue weighted by Gasteiger charge is 2.14. The molecule has 0 fully saturated rings. The predicted octanol–water partition coefficient (Wildman–Crippen LogP) is 0.907. The number of aliphatic hydroxyl groups is 1. The van der Waals surface area contributed by atoms with Crippen molar-refractivity contribution >= 4 is 5.91 Å². The van der Waals surface area contributed by atoms with Crippen molar-refractivity contribution in [1.82, 2.24) is 10.6 Å². The van der Waals surface area contributed by atoms with Gasteiger partial charge < -0.3 is 24.9 Å².